The summed E-state index contributed by atoms with van der Waals surface area (Å²) in [7, 11) is 0. The Balaban J connectivity index is 1.75. The first kappa shape index (κ1) is 15.0. The third-order valence-corrected chi connectivity index (χ3v) is 4.11. The minimum absolute atomic E-state index is 0.166. The summed E-state index contributed by atoms with van der Waals surface area (Å²) in [6.07, 6.45) is 3.99. The molecule has 0 aliphatic carbocycles. The number of nitrogens with one attached hydrogen (secondary N) is 2. The summed E-state index contributed by atoms with van der Waals surface area (Å²) in [5, 5.41) is 3.20. The highest BCUT2D eigenvalue weighted by Gasteiger charge is 2.22. The Morgan fingerprint density at radius 1 is 1.35 bits per heavy atom. The molecule has 3 heteroatoms. The fourth-order valence-electron chi connectivity index (χ4n) is 3.06. The number of quaternary nitrogens is 1. The van der Waals surface area contributed by atoms with Crippen molar-refractivity contribution in [2.24, 2.45) is 0 Å². The van der Waals surface area contributed by atoms with E-state index in [1.165, 1.54) is 31.6 Å². The third kappa shape index (κ3) is 4.64. The maximum atomic E-state index is 12.1. The molecule has 20 heavy (non-hydrogen) atoms. The minimum atomic E-state index is 0.166. The molecule has 0 atom stereocenters. The molecule has 0 bridgehead atoms. The third-order valence-electron chi connectivity index (χ3n) is 4.11. The zero-order valence-corrected chi connectivity index (χ0v) is 12.7. The van der Waals surface area contributed by atoms with E-state index in [-0.39, 0.29) is 5.91 Å². The van der Waals surface area contributed by atoms with Crippen LogP contribution in [-0.4, -0.2) is 31.6 Å². The molecule has 1 aliphatic heterocycles. The van der Waals surface area contributed by atoms with Crippen LogP contribution in [0.2, 0.25) is 0 Å². The maximum Gasteiger partial charge on any atom is 0.224 e. The molecule has 2 N–H and O–H groups in total. The van der Waals surface area contributed by atoms with E-state index < -0.39 is 0 Å². The average Bonchev–Trinajstić information content (AvgIpc) is 2.41. The van der Waals surface area contributed by atoms with Crippen LogP contribution in [0.4, 0.5) is 0 Å². The molecule has 1 saturated heterocycles. The van der Waals surface area contributed by atoms with Gasteiger partial charge in [-0.1, -0.05) is 36.8 Å². The molecule has 0 saturated carbocycles. The van der Waals surface area contributed by atoms with Crippen molar-refractivity contribution in [3.63, 3.8) is 0 Å². The van der Waals surface area contributed by atoms with Crippen LogP contribution in [0.3, 0.4) is 0 Å². The summed E-state index contributed by atoms with van der Waals surface area (Å²) in [6.45, 7) is 7.97. The zero-order chi connectivity index (χ0) is 14.4. The van der Waals surface area contributed by atoms with E-state index in [2.05, 4.69) is 31.3 Å². The summed E-state index contributed by atoms with van der Waals surface area (Å²) in [5.74, 6) is 0.166. The normalized spacial score (nSPS) is 22.5. The molecule has 0 aromatic heterocycles. The number of amides is 1. The van der Waals surface area contributed by atoms with Gasteiger partial charge in [-0.15, -0.1) is 0 Å². The van der Waals surface area contributed by atoms with Gasteiger partial charge in [0.25, 0.3) is 0 Å². The second-order valence-electron chi connectivity index (χ2n) is 6.01. The first-order valence-electron chi connectivity index (χ1n) is 7.86. The average molecular weight is 275 g/mol. The van der Waals surface area contributed by atoms with Crippen LogP contribution >= 0.6 is 0 Å². The number of rotatable bonds is 5. The molecule has 1 aromatic rings. The summed E-state index contributed by atoms with van der Waals surface area (Å²) in [5.41, 5.74) is 2.32. The van der Waals surface area contributed by atoms with Crippen LogP contribution < -0.4 is 10.2 Å². The van der Waals surface area contributed by atoms with Gasteiger partial charge in [-0.05, 0) is 18.9 Å². The van der Waals surface area contributed by atoms with Crippen LogP contribution in [-0.2, 0) is 11.2 Å². The fourth-order valence-corrected chi connectivity index (χ4v) is 3.06. The summed E-state index contributed by atoms with van der Waals surface area (Å²) in [4.78, 5) is 13.8. The van der Waals surface area contributed by atoms with Crippen molar-refractivity contribution in [2.45, 2.75) is 45.6 Å². The first-order chi connectivity index (χ1) is 9.67. The molecule has 110 valence electrons. The first-order valence-corrected chi connectivity index (χ1v) is 7.86. The van der Waals surface area contributed by atoms with E-state index in [4.69, 9.17) is 0 Å². The van der Waals surface area contributed by atoms with Gasteiger partial charge in [0.2, 0.25) is 5.91 Å². The maximum absolute atomic E-state index is 12.1. The van der Waals surface area contributed by atoms with Gasteiger partial charge >= 0.3 is 0 Å². The zero-order valence-electron chi connectivity index (χ0n) is 12.7. The van der Waals surface area contributed by atoms with Crippen molar-refractivity contribution >= 4 is 5.91 Å². The smallest absolute Gasteiger partial charge is 0.224 e. The molecule has 1 aliphatic rings. The Kier molecular flexibility index (Phi) is 5.60. The molecular formula is C17H27N2O+. The van der Waals surface area contributed by atoms with Crippen molar-refractivity contribution < 1.29 is 9.69 Å². The molecule has 0 radical (unpaired) electrons. The van der Waals surface area contributed by atoms with Crippen LogP contribution in [0.15, 0.2) is 24.3 Å². The van der Waals surface area contributed by atoms with E-state index in [0.29, 0.717) is 12.5 Å². The van der Waals surface area contributed by atoms with Gasteiger partial charge in [0.05, 0.1) is 26.1 Å². The van der Waals surface area contributed by atoms with Crippen LogP contribution in [0.5, 0.6) is 0 Å². The quantitative estimate of drug-likeness (QED) is 0.829. The molecule has 2 rings (SSSR count). The standard InChI is InChI=1S/C17H26N2O/c1-3-9-19-10-7-16(8-11-19)18-17(20)13-15-6-4-5-14(2)12-15/h4-6,12,16H,3,7-11,13H2,1-2H3,(H,18,20)/p+1. The summed E-state index contributed by atoms with van der Waals surface area (Å²) < 4.78 is 0. The minimum Gasteiger partial charge on any atom is -0.353 e. The monoisotopic (exact) mass is 275 g/mol. The van der Waals surface area contributed by atoms with Gasteiger partial charge in [0.1, 0.15) is 0 Å². The van der Waals surface area contributed by atoms with Gasteiger partial charge in [-0.3, -0.25) is 4.79 Å². The lowest BCUT2D eigenvalue weighted by atomic mass is 10.0. The van der Waals surface area contributed by atoms with Crippen LogP contribution in [0, 0.1) is 6.92 Å². The molecule has 1 heterocycles. The number of benzene rings is 1. The van der Waals surface area contributed by atoms with Crippen molar-refractivity contribution in [1.82, 2.24) is 5.32 Å². The molecule has 1 amide bonds. The molecule has 3 nitrogen and oxygen atoms in total. The lowest BCUT2D eigenvalue weighted by Crippen LogP contribution is -3.13. The SMILES string of the molecule is CCC[NH+]1CCC(NC(=O)Cc2cccc(C)c2)CC1. The molecule has 1 aromatic carbocycles. The number of likely N-dealkylation sites (tertiary alicyclic amines) is 1. The van der Waals surface area contributed by atoms with Crippen molar-refractivity contribution in [2.75, 3.05) is 19.6 Å². The van der Waals surface area contributed by atoms with Crippen molar-refractivity contribution in [3.05, 3.63) is 35.4 Å². The molecular weight excluding hydrogens is 248 g/mol. The molecule has 0 spiro atoms. The topological polar surface area (TPSA) is 33.5 Å². The second-order valence-corrected chi connectivity index (χ2v) is 6.01. The van der Waals surface area contributed by atoms with Crippen molar-refractivity contribution in [3.8, 4) is 0 Å². The fraction of sp³-hybridized carbons (Fsp3) is 0.588. The summed E-state index contributed by atoms with van der Waals surface area (Å²) >= 11 is 0. The predicted octanol–water partition coefficient (Wildman–Crippen LogP) is 1.11. The van der Waals surface area contributed by atoms with Gasteiger partial charge in [0.15, 0.2) is 0 Å². The number of piperidine rings is 1. The highest BCUT2D eigenvalue weighted by Crippen LogP contribution is 2.06. The van der Waals surface area contributed by atoms with Gasteiger partial charge in [-0.25, -0.2) is 0 Å². The Hall–Kier alpha value is -1.35. The van der Waals surface area contributed by atoms with E-state index >= 15 is 0 Å². The highest BCUT2D eigenvalue weighted by atomic mass is 16.1. The number of hydrogen-bond donors (Lipinski definition) is 2. The number of aryl methyl sites for hydroxylation is 1. The van der Waals surface area contributed by atoms with E-state index in [1.807, 2.05) is 12.1 Å². The Morgan fingerprint density at radius 2 is 2.10 bits per heavy atom. The number of hydrogen-bond acceptors (Lipinski definition) is 1. The molecule has 0 unspecified atom stereocenters. The predicted molar refractivity (Wildman–Crippen MR) is 81.9 cm³/mol. The largest absolute Gasteiger partial charge is 0.353 e. The van der Waals surface area contributed by atoms with Gasteiger partial charge in [0, 0.05) is 18.9 Å². The Bertz CT molecular complexity index is 436. The Morgan fingerprint density at radius 3 is 2.75 bits per heavy atom. The van der Waals surface area contributed by atoms with Crippen LogP contribution in [0.1, 0.15) is 37.3 Å². The Labute approximate surface area is 122 Å². The van der Waals surface area contributed by atoms with E-state index in [1.54, 1.807) is 4.90 Å². The lowest BCUT2D eigenvalue weighted by molar-refractivity contribution is -0.905. The van der Waals surface area contributed by atoms with E-state index in [9.17, 15) is 4.79 Å². The highest BCUT2D eigenvalue weighted by molar-refractivity contribution is 5.78. The number of carbonyl (C=O) groups excluding carboxylic acids is 1. The second kappa shape index (κ2) is 7.44. The lowest BCUT2D eigenvalue weighted by Gasteiger charge is -2.29. The van der Waals surface area contributed by atoms with E-state index in [0.717, 1.165) is 18.4 Å². The van der Waals surface area contributed by atoms with Crippen LogP contribution in [0.25, 0.3) is 0 Å². The molecule has 1 fully saturated rings. The van der Waals surface area contributed by atoms with Gasteiger partial charge < -0.3 is 10.2 Å². The van der Waals surface area contributed by atoms with Gasteiger partial charge in [-0.2, -0.15) is 0 Å². The number of carbonyl (C=O) groups is 1. The van der Waals surface area contributed by atoms with Crippen molar-refractivity contribution in [1.29, 1.82) is 0 Å². The summed E-state index contributed by atoms with van der Waals surface area (Å²) in [6, 6.07) is 8.58.